The Morgan fingerprint density at radius 2 is 2.30 bits per heavy atom. The highest BCUT2D eigenvalue weighted by Crippen LogP contribution is 2.32. The summed E-state index contributed by atoms with van der Waals surface area (Å²) >= 11 is 7.60. The lowest BCUT2D eigenvalue weighted by molar-refractivity contribution is 0.0695. The highest BCUT2D eigenvalue weighted by molar-refractivity contribution is 7.10. The molecule has 5 heteroatoms. The molecule has 104 valence electrons. The van der Waals surface area contributed by atoms with Gasteiger partial charge in [0.1, 0.15) is 0 Å². The molecule has 0 radical (unpaired) electrons. The summed E-state index contributed by atoms with van der Waals surface area (Å²) in [5.41, 5.74) is 2.42. The van der Waals surface area contributed by atoms with Gasteiger partial charge in [-0.1, -0.05) is 17.7 Å². The minimum Gasteiger partial charge on any atom is -0.478 e. The van der Waals surface area contributed by atoms with Crippen molar-refractivity contribution in [2.75, 3.05) is 11.4 Å². The molecule has 0 unspecified atom stereocenters. The van der Waals surface area contributed by atoms with Crippen molar-refractivity contribution in [1.82, 2.24) is 0 Å². The predicted molar refractivity (Wildman–Crippen MR) is 82.1 cm³/mol. The number of benzene rings is 1. The van der Waals surface area contributed by atoms with Gasteiger partial charge >= 0.3 is 5.97 Å². The standard InChI is InChI=1S/C15H14ClNO2S/c16-10-7-11(20-9-10)8-17-6-2-4-12-13(15(18)19)3-1-5-14(12)17/h1,3,5,7,9H,2,4,6,8H2,(H,18,19). The van der Waals surface area contributed by atoms with Gasteiger partial charge in [0.15, 0.2) is 0 Å². The van der Waals surface area contributed by atoms with E-state index in [1.807, 2.05) is 23.6 Å². The maximum absolute atomic E-state index is 11.3. The third-order valence-corrected chi connectivity index (χ3v) is 4.81. The number of halogens is 1. The zero-order valence-electron chi connectivity index (χ0n) is 10.8. The fraction of sp³-hybridized carbons (Fsp3) is 0.267. The van der Waals surface area contributed by atoms with Crippen molar-refractivity contribution < 1.29 is 9.90 Å². The number of hydrogen-bond acceptors (Lipinski definition) is 3. The Hall–Kier alpha value is -1.52. The average molecular weight is 308 g/mol. The molecule has 20 heavy (non-hydrogen) atoms. The van der Waals surface area contributed by atoms with Gasteiger partial charge in [-0.25, -0.2) is 4.79 Å². The van der Waals surface area contributed by atoms with Crippen molar-refractivity contribution in [3.8, 4) is 0 Å². The summed E-state index contributed by atoms with van der Waals surface area (Å²) in [6.45, 7) is 1.74. The Labute approximate surface area is 126 Å². The molecule has 3 nitrogen and oxygen atoms in total. The molecule has 1 aromatic carbocycles. The van der Waals surface area contributed by atoms with E-state index in [9.17, 15) is 9.90 Å². The summed E-state index contributed by atoms with van der Waals surface area (Å²) in [5, 5.41) is 12.0. The zero-order chi connectivity index (χ0) is 14.1. The van der Waals surface area contributed by atoms with Crippen LogP contribution in [0.5, 0.6) is 0 Å². The van der Waals surface area contributed by atoms with Gasteiger partial charge in [0.05, 0.1) is 17.1 Å². The zero-order valence-corrected chi connectivity index (χ0v) is 12.4. The largest absolute Gasteiger partial charge is 0.478 e. The van der Waals surface area contributed by atoms with Gasteiger partial charge in [-0.15, -0.1) is 11.3 Å². The Morgan fingerprint density at radius 1 is 1.45 bits per heavy atom. The third-order valence-electron chi connectivity index (χ3n) is 3.55. The van der Waals surface area contributed by atoms with Crippen LogP contribution in [0.2, 0.25) is 5.02 Å². The number of hydrogen-bond donors (Lipinski definition) is 1. The van der Waals surface area contributed by atoms with E-state index < -0.39 is 5.97 Å². The molecule has 0 bridgehead atoms. The molecule has 0 amide bonds. The number of rotatable bonds is 3. The first-order chi connectivity index (χ1) is 9.65. The molecule has 3 rings (SSSR count). The maximum atomic E-state index is 11.3. The number of nitrogens with zero attached hydrogens (tertiary/aromatic N) is 1. The fourth-order valence-corrected chi connectivity index (χ4v) is 3.78. The Morgan fingerprint density at radius 3 is 3.00 bits per heavy atom. The summed E-state index contributed by atoms with van der Waals surface area (Å²) in [7, 11) is 0. The molecule has 2 aromatic rings. The minimum absolute atomic E-state index is 0.427. The smallest absolute Gasteiger partial charge is 0.336 e. The number of aromatic carboxylic acids is 1. The topological polar surface area (TPSA) is 40.5 Å². The Bertz CT molecular complexity index is 653. The van der Waals surface area contributed by atoms with Crippen LogP contribution in [0.15, 0.2) is 29.6 Å². The van der Waals surface area contributed by atoms with Crippen molar-refractivity contribution in [2.24, 2.45) is 0 Å². The highest BCUT2D eigenvalue weighted by Gasteiger charge is 2.22. The molecular weight excluding hydrogens is 294 g/mol. The minimum atomic E-state index is -0.845. The summed E-state index contributed by atoms with van der Waals surface area (Å²) in [5.74, 6) is -0.845. The normalized spacial score (nSPS) is 14.2. The van der Waals surface area contributed by atoms with Gasteiger partial charge in [-0.2, -0.15) is 0 Å². The van der Waals surface area contributed by atoms with E-state index in [-0.39, 0.29) is 0 Å². The van der Waals surface area contributed by atoms with Crippen LogP contribution in [-0.2, 0) is 13.0 Å². The van der Waals surface area contributed by atoms with E-state index in [1.165, 1.54) is 4.88 Å². The SMILES string of the molecule is O=C(O)c1cccc2c1CCCN2Cc1cc(Cl)cs1. The number of anilines is 1. The van der Waals surface area contributed by atoms with Crippen LogP contribution >= 0.6 is 22.9 Å². The lowest BCUT2D eigenvalue weighted by Gasteiger charge is -2.31. The molecule has 2 heterocycles. The lowest BCUT2D eigenvalue weighted by Crippen LogP contribution is -2.29. The van der Waals surface area contributed by atoms with Crippen molar-refractivity contribution in [1.29, 1.82) is 0 Å². The summed E-state index contributed by atoms with van der Waals surface area (Å²) < 4.78 is 0. The van der Waals surface area contributed by atoms with E-state index in [4.69, 9.17) is 11.6 Å². The van der Waals surface area contributed by atoms with Gasteiger partial charge in [-0.05, 0) is 36.6 Å². The predicted octanol–water partition coefficient (Wildman–Crippen LogP) is 4.05. The summed E-state index contributed by atoms with van der Waals surface area (Å²) in [4.78, 5) is 14.7. The van der Waals surface area contributed by atoms with Crippen LogP contribution in [0.4, 0.5) is 5.69 Å². The van der Waals surface area contributed by atoms with E-state index in [1.54, 1.807) is 17.4 Å². The number of carboxylic acid groups (broad SMARTS) is 1. The molecule has 1 N–H and O–H groups in total. The summed E-state index contributed by atoms with van der Waals surface area (Å²) in [6, 6.07) is 7.49. The quantitative estimate of drug-likeness (QED) is 0.930. The van der Waals surface area contributed by atoms with Crippen LogP contribution < -0.4 is 4.90 Å². The van der Waals surface area contributed by atoms with Crippen molar-refractivity contribution in [3.63, 3.8) is 0 Å². The van der Waals surface area contributed by atoms with Crippen LogP contribution in [0.3, 0.4) is 0 Å². The second-order valence-electron chi connectivity index (χ2n) is 4.86. The molecule has 0 atom stereocenters. The molecule has 0 saturated heterocycles. The van der Waals surface area contributed by atoms with Crippen LogP contribution in [-0.4, -0.2) is 17.6 Å². The first-order valence-electron chi connectivity index (χ1n) is 6.48. The average Bonchev–Trinajstić information content (AvgIpc) is 2.84. The second-order valence-corrected chi connectivity index (χ2v) is 6.30. The molecule has 0 aliphatic carbocycles. The first kappa shape index (κ1) is 13.5. The van der Waals surface area contributed by atoms with E-state index in [2.05, 4.69) is 4.90 Å². The Balaban J connectivity index is 1.94. The second kappa shape index (κ2) is 5.46. The van der Waals surface area contributed by atoms with Gasteiger partial charge in [0.25, 0.3) is 0 Å². The molecule has 0 saturated carbocycles. The van der Waals surface area contributed by atoms with Crippen LogP contribution in [0.1, 0.15) is 27.2 Å². The molecule has 0 fully saturated rings. The third kappa shape index (κ3) is 2.53. The lowest BCUT2D eigenvalue weighted by atomic mass is 9.96. The molecular formula is C15H14ClNO2S. The maximum Gasteiger partial charge on any atom is 0.336 e. The number of fused-ring (bicyclic) bond motifs is 1. The van der Waals surface area contributed by atoms with Gasteiger partial charge < -0.3 is 10.0 Å². The number of carboxylic acids is 1. The molecule has 1 aliphatic heterocycles. The Kier molecular flexibility index (Phi) is 3.68. The van der Waals surface area contributed by atoms with Gasteiger partial charge in [0, 0.05) is 22.5 Å². The molecule has 1 aliphatic rings. The number of carbonyl (C=O) groups is 1. The van der Waals surface area contributed by atoms with E-state index >= 15 is 0 Å². The van der Waals surface area contributed by atoms with Crippen molar-refractivity contribution in [3.05, 3.63) is 50.7 Å². The molecule has 0 spiro atoms. The highest BCUT2D eigenvalue weighted by atomic mass is 35.5. The number of thiophene rings is 1. The van der Waals surface area contributed by atoms with E-state index in [0.29, 0.717) is 5.56 Å². The van der Waals surface area contributed by atoms with E-state index in [0.717, 1.165) is 42.2 Å². The van der Waals surface area contributed by atoms with Gasteiger partial charge in [-0.3, -0.25) is 0 Å². The van der Waals surface area contributed by atoms with Crippen LogP contribution in [0, 0.1) is 0 Å². The van der Waals surface area contributed by atoms with Crippen LogP contribution in [0.25, 0.3) is 0 Å². The summed E-state index contributed by atoms with van der Waals surface area (Å²) in [6.07, 6.45) is 1.82. The molecule has 1 aromatic heterocycles. The monoisotopic (exact) mass is 307 g/mol. The first-order valence-corrected chi connectivity index (χ1v) is 7.74. The van der Waals surface area contributed by atoms with Crippen molar-refractivity contribution >= 4 is 34.6 Å². The van der Waals surface area contributed by atoms with Crippen molar-refractivity contribution in [2.45, 2.75) is 19.4 Å². The fourth-order valence-electron chi connectivity index (χ4n) is 2.69. The van der Waals surface area contributed by atoms with Gasteiger partial charge in [0.2, 0.25) is 0 Å².